The molecule has 0 radical (unpaired) electrons. The number of anilines is 1. The van der Waals surface area contributed by atoms with Crippen LogP contribution >= 0.6 is 0 Å². The molecule has 35 heavy (non-hydrogen) atoms. The Morgan fingerprint density at radius 1 is 0.914 bits per heavy atom. The third kappa shape index (κ3) is 5.69. The quantitative estimate of drug-likeness (QED) is 0.367. The number of likely N-dealkylation sites (tertiary alicyclic amines) is 1. The van der Waals surface area contributed by atoms with Crippen molar-refractivity contribution in [1.29, 1.82) is 0 Å². The van der Waals surface area contributed by atoms with E-state index in [1.165, 1.54) is 5.56 Å². The Balaban J connectivity index is 1.33. The van der Waals surface area contributed by atoms with Crippen molar-refractivity contribution in [1.82, 2.24) is 14.8 Å². The molecule has 5 heteroatoms. The van der Waals surface area contributed by atoms with Gasteiger partial charge < -0.3 is 10.2 Å². The molecule has 0 atom stereocenters. The van der Waals surface area contributed by atoms with E-state index in [1.54, 1.807) is 0 Å². The molecular weight excluding hydrogens is 432 g/mol. The number of aromatic nitrogens is 1. The first kappa shape index (κ1) is 23.1. The first-order valence-electron chi connectivity index (χ1n) is 12.4. The van der Waals surface area contributed by atoms with Crippen LogP contribution in [-0.4, -0.2) is 39.9 Å². The Labute approximate surface area is 207 Å². The number of hydrogen-bond acceptors (Lipinski definition) is 3. The van der Waals surface area contributed by atoms with E-state index < -0.39 is 0 Å². The number of carbonyl (C=O) groups excluding carboxylic acids is 1. The van der Waals surface area contributed by atoms with E-state index in [1.807, 2.05) is 54.3 Å². The smallest absolute Gasteiger partial charge is 0.316 e. The van der Waals surface area contributed by atoms with Crippen LogP contribution in [0.15, 0.2) is 91.0 Å². The largest absolute Gasteiger partial charge is 0.322 e. The number of hydrogen-bond donors (Lipinski definition) is 1. The zero-order chi connectivity index (χ0) is 24.0. The summed E-state index contributed by atoms with van der Waals surface area (Å²) >= 11 is 0. The van der Waals surface area contributed by atoms with E-state index in [0.29, 0.717) is 6.54 Å². The zero-order valence-electron chi connectivity index (χ0n) is 20.2. The van der Waals surface area contributed by atoms with E-state index in [4.69, 9.17) is 0 Å². The fourth-order valence-corrected chi connectivity index (χ4v) is 4.98. The molecule has 1 aromatic heterocycles. The van der Waals surface area contributed by atoms with E-state index in [-0.39, 0.29) is 12.1 Å². The lowest BCUT2D eigenvalue weighted by Gasteiger charge is -2.38. The summed E-state index contributed by atoms with van der Waals surface area (Å²) in [6, 6.07) is 30.9. The van der Waals surface area contributed by atoms with Crippen molar-refractivity contribution >= 4 is 22.5 Å². The SMILES string of the molecule is Cc1cccc(CN(C(=O)Nc2cccc3ccccc23)C2CCN(Cc3ccccc3)CC2)n1. The molecule has 1 aliphatic heterocycles. The van der Waals surface area contributed by atoms with Crippen LogP contribution in [0.2, 0.25) is 0 Å². The van der Waals surface area contributed by atoms with Gasteiger partial charge in [-0.1, -0.05) is 72.8 Å². The standard InChI is InChI=1S/C30H32N4O/c1-23-9-7-14-26(31-23)22-34(27-17-19-33(20-18-27)21-24-10-3-2-4-11-24)30(35)32-29-16-8-13-25-12-5-6-15-28(25)29/h2-16,27H,17-22H2,1H3,(H,32,35). The average molecular weight is 465 g/mol. The number of nitrogens with one attached hydrogen (secondary N) is 1. The van der Waals surface area contributed by atoms with Gasteiger partial charge in [-0.15, -0.1) is 0 Å². The van der Waals surface area contributed by atoms with Crippen molar-refractivity contribution in [3.05, 3.63) is 108 Å². The average Bonchev–Trinajstić information content (AvgIpc) is 2.89. The lowest BCUT2D eigenvalue weighted by atomic mass is 10.0. The van der Waals surface area contributed by atoms with Crippen LogP contribution in [0, 0.1) is 6.92 Å². The zero-order valence-corrected chi connectivity index (χ0v) is 20.2. The van der Waals surface area contributed by atoms with Crippen LogP contribution in [0.1, 0.15) is 29.8 Å². The maximum Gasteiger partial charge on any atom is 0.322 e. The first-order chi connectivity index (χ1) is 17.2. The van der Waals surface area contributed by atoms with Gasteiger partial charge in [0, 0.05) is 36.8 Å². The maximum atomic E-state index is 13.7. The van der Waals surface area contributed by atoms with Gasteiger partial charge in [0.05, 0.1) is 17.9 Å². The second-order valence-corrected chi connectivity index (χ2v) is 9.35. The molecule has 2 amide bonds. The second-order valence-electron chi connectivity index (χ2n) is 9.35. The van der Waals surface area contributed by atoms with Gasteiger partial charge in [0.1, 0.15) is 0 Å². The molecule has 5 nitrogen and oxygen atoms in total. The monoisotopic (exact) mass is 464 g/mol. The van der Waals surface area contributed by atoms with Gasteiger partial charge in [0.2, 0.25) is 0 Å². The van der Waals surface area contributed by atoms with E-state index in [0.717, 1.165) is 60.3 Å². The lowest BCUT2D eigenvalue weighted by Crippen LogP contribution is -2.48. The number of carbonyl (C=O) groups is 1. The number of nitrogens with zero attached hydrogens (tertiary/aromatic N) is 3. The molecule has 1 aliphatic rings. The minimum absolute atomic E-state index is 0.0637. The summed E-state index contributed by atoms with van der Waals surface area (Å²) < 4.78 is 0. The molecule has 0 bridgehead atoms. The Hall–Kier alpha value is -3.70. The molecular formula is C30H32N4O. The molecule has 2 heterocycles. The highest BCUT2D eigenvalue weighted by molar-refractivity contribution is 6.01. The van der Waals surface area contributed by atoms with Crippen molar-refractivity contribution in [2.45, 2.75) is 38.9 Å². The second kappa shape index (κ2) is 10.7. The number of amides is 2. The van der Waals surface area contributed by atoms with Crippen molar-refractivity contribution in [2.24, 2.45) is 0 Å². The number of rotatable bonds is 6. The summed E-state index contributed by atoms with van der Waals surface area (Å²) in [7, 11) is 0. The van der Waals surface area contributed by atoms with Gasteiger partial charge in [-0.25, -0.2) is 4.79 Å². The Bertz CT molecular complexity index is 1280. The van der Waals surface area contributed by atoms with Crippen LogP contribution in [0.25, 0.3) is 10.8 Å². The highest BCUT2D eigenvalue weighted by Gasteiger charge is 2.29. The molecule has 178 valence electrons. The predicted octanol–water partition coefficient (Wildman–Crippen LogP) is 6.24. The highest BCUT2D eigenvalue weighted by Crippen LogP contribution is 2.26. The first-order valence-corrected chi connectivity index (χ1v) is 12.4. The number of benzene rings is 3. The van der Waals surface area contributed by atoms with Crippen LogP contribution in [0.3, 0.4) is 0 Å². The molecule has 1 fully saturated rings. The molecule has 0 spiro atoms. The van der Waals surface area contributed by atoms with Crippen molar-refractivity contribution in [3.63, 3.8) is 0 Å². The summed E-state index contributed by atoms with van der Waals surface area (Å²) in [5, 5.41) is 5.38. The highest BCUT2D eigenvalue weighted by atomic mass is 16.2. The van der Waals surface area contributed by atoms with Crippen LogP contribution < -0.4 is 5.32 Å². The van der Waals surface area contributed by atoms with Gasteiger partial charge in [0.15, 0.2) is 0 Å². The Kier molecular flexibility index (Phi) is 7.05. The predicted molar refractivity (Wildman–Crippen MR) is 142 cm³/mol. The number of piperidine rings is 1. The minimum atomic E-state index is -0.0637. The summed E-state index contributed by atoms with van der Waals surface area (Å²) in [5.41, 5.74) is 4.07. The fourth-order valence-electron chi connectivity index (χ4n) is 4.98. The van der Waals surface area contributed by atoms with Crippen molar-refractivity contribution in [2.75, 3.05) is 18.4 Å². The normalized spacial score (nSPS) is 14.7. The molecule has 0 aliphatic carbocycles. The molecule has 0 saturated carbocycles. The third-order valence-corrected chi connectivity index (χ3v) is 6.82. The van der Waals surface area contributed by atoms with Gasteiger partial charge in [-0.05, 0) is 48.9 Å². The number of aryl methyl sites for hydroxylation is 1. The molecule has 0 unspecified atom stereocenters. The van der Waals surface area contributed by atoms with Crippen molar-refractivity contribution < 1.29 is 4.79 Å². The Morgan fingerprint density at radius 2 is 1.63 bits per heavy atom. The van der Waals surface area contributed by atoms with Gasteiger partial charge in [-0.3, -0.25) is 9.88 Å². The molecule has 4 aromatic rings. The van der Waals surface area contributed by atoms with E-state index >= 15 is 0 Å². The topological polar surface area (TPSA) is 48.5 Å². The maximum absolute atomic E-state index is 13.7. The summed E-state index contributed by atoms with van der Waals surface area (Å²) in [6.45, 7) is 5.39. The molecule has 3 aromatic carbocycles. The minimum Gasteiger partial charge on any atom is -0.316 e. The number of urea groups is 1. The van der Waals surface area contributed by atoms with Crippen molar-refractivity contribution in [3.8, 4) is 0 Å². The molecule has 1 saturated heterocycles. The van der Waals surface area contributed by atoms with Crippen LogP contribution in [0.5, 0.6) is 0 Å². The van der Waals surface area contributed by atoms with E-state index in [9.17, 15) is 4.79 Å². The third-order valence-electron chi connectivity index (χ3n) is 6.82. The summed E-state index contributed by atoms with van der Waals surface area (Å²) in [6.07, 6.45) is 1.89. The lowest BCUT2D eigenvalue weighted by molar-refractivity contribution is 0.119. The van der Waals surface area contributed by atoms with Crippen LogP contribution in [0.4, 0.5) is 10.5 Å². The Morgan fingerprint density at radius 3 is 2.43 bits per heavy atom. The summed E-state index contributed by atoms with van der Waals surface area (Å²) in [5.74, 6) is 0. The van der Waals surface area contributed by atoms with Gasteiger partial charge >= 0.3 is 6.03 Å². The molecule has 5 rings (SSSR count). The van der Waals surface area contributed by atoms with E-state index in [2.05, 4.69) is 63.7 Å². The molecule has 1 N–H and O–H groups in total. The number of fused-ring (bicyclic) bond motifs is 1. The van der Waals surface area contributed by atoms with Crippen LogP contribution in [-0.2, 0) is 13.1 Å². The fraction of sp³-hybridized carbons (Fsp3) is 0.267. The van der Waals surface area contributed by atoms with Gasteiger partial charge in [-0.2, -0.15) is 0 Å². The van der Waals surface area contributed by atoms with Gasteiger partial charge in [0.25, 0.3) is 0 Å². The summed E-state index contributed by atoms with van der Waals surface area (Å²) in [4.78, 5) is 22.8. The number of pyridine rings is 1.